The lowest BCUT2D eigenvalue weighted by Gasteiger charge is -2.20. The highest BCUT2D eigenvalue weighted by molar-refractivity contribution is 5.81. The van der Waals surface area contributed by atoms with Gasteiger partial charge >= 0.3 is 0 Å². The molecule has 0 aliphatic carbocycles. The van der Waals surface area contributed by atoms with Crippen molar-refractivity contribution in [1.29, 1.82) is 0 Å². The molecule has 0 aliphatic rings. The van der Waals surface area contributed by atoms with Gasteiger partial charge in [0.25, 0.3) is 0 Å². The third kappa shape index (κ3) is 4.61. The van der Waals surface area contributed by atoms with E-state index in [0.29, 0.717) is 0 Å². The molecule has 0 radical (unpaired) electrons. The SMILES string of the molecule is CCCC(C)NC(=O)[C@@H](N)[C@@H](C)CC. The molecule has 0 spiro atoms. The van der Waals surface area contributed by atoms with Crippen LogP contribution in [0.1, 0.15) is 47.0 Å². The zero-order valence-corrected chi connectivity index (χ0v) is 9.84. The molecule has 0 saturated heterocycles. The molecule has 84 valence electrons. The molecule has 0 aromatic carbocycles. The van der Waals surface area contributed by atoms with E-state index in [-0.39, 0.29) is 23.9 Å². The summed E-state index contributed by atoms with van der Waals surface area (Å²) in [4.78, 5) is 11.6. The Hall–Kier alpha value is -0.570. The maximum atomic E-state index is 11.6. The first kappa shape index (κ1) is 13.4. The van der Waals surface area contributed by atoms with Crippen LogP contribution >= 0.6 is 0 Å². The standard InChI is InChI=1S/C11H24N2O/c1-5-7-9(4)13-11(14)10(12)8(3)6-2/h8-10H,5-7,12H2,1-4H3,(H,13,14)/t8-,9?,10-/m0/s1. The highest BCUT2D eigenvalue weighted by Gasteiger charge is 2.20. The Balaban J connectivity index is 3.94. The van der Waals surface area contributed by atoms with Crippen molar-refractivity contribution in [3.63, 3.8) is 0 Å². The Morgan fingerprint density at radius 3 is 2.36 bits per heavy atom. The van der Waals surface area contributed by atoms with Crippen LogP contribution in [0.15, 0.2) is 0 Å². The van der Waals surface area contributed by atoms with E-state index >= 15 is 0 Å². The van der Waals surface area contributed by atoms with Gasteiger partial charge in [-0.25, -0.2) is 0 Å². The Kier molecular flexibility index (Phi) is 6.54. The van der Waals surface area contributed by atoms with Crippen LogP contribution in [0.2, 0.25) is 0 Å². The molecule has 0 aliphatic heterocycles. The molecule has 0 saturated carbocycles. The monoisotopic (exact) mass is 200 g/mol. The fourth-order valence-electron chi connectivity index (χ4n) is 1.36. The van der Waals surface area contributed by atoms with E-state index in [0.717, 1.165) is 19.3 Å². The van der Waals surface area contributed by atoms with Crippen LogP contribution in [-0.4, -0.2) is 18.0 Å². The molecule has 0 rings (SSSR count). The van der Waals surface area contributed by atoms with Crippen LogP contribution in [0.5, 0.6) is 0 Å². The van der Waals surface area contributed by atoms with E-state index < -0.39 is 0 Å². The van der Waals surface area contributed by atoms with Crippen molar-refractivity contribution in [2.45, 2.75) is 59.0 Å². The van der Waals surface area contributed by atoms with Crippen LogP contribution in [0.25, 0.3) is 0 Å². The number of hydrogen-bond donors (Lipinski definition) is 2. The molecular weight excluding hydrogens is 176 g/mol. The smallest absolute Gasteiger partial charge is 0.237 e. The van der Waals surface area contributed by atoms with Crippen molar-refractivity contribution >= 4 is 5.91 Å². The fourth-order valence-corrected chi connectivity index (χ4v) is 1.36. The van der Waals surface area contributed by atoms with Crippen molar-refractivity contribution in [2.24, 2.45) is 11.7 Å². The Labute approximate surface area is 87.4 Å². The maximum Gasteiger partial charge on any atom is 0.237 e. The van der Waals surface area contributed by atoms with E-state index in [1.54, 1.807) is 0 Å². The zero-order valence-electron chi connectivity index (χ0n) is 9.84. The van der Waals surface area contributed by atoms with E-state index in [2.05, 4.69) is 12.2 Å². The van der Waals surface area contributed by atoms with Crippen LogP contribution < -0.4 is 11.1 Å². The molecule has 0 aromatic rings. The van der Waals surface area contributed by atoms with Gasteiger partial charge in [-0.1, -0.05) is 33.6 Å². The second-order valence-electron chi connectivity index (χ2n) is 4.11. The Bertz CT molecular complexity index is 171. The summed E-state index contributed by atoms with van der Waals surface area (Å²) in [6, 6.07) is -0.123. The van der Waals surface area contributed by atoms with Gasteiger partial charge in [0.05, 0.1) is 6.04 Å². The molecule has 3 heteroatoms. The summed E-state index contributed by atoms with van der Waals surface area (Å²) in [6.45, 7) is 8.18. The molecule has 0 aromatic heterocycles. The van der Waals surface area contributed by atoms with Gasteiger partial charge in [-0.05, 0) is 19.3 Å². The van der Waals surface area contributed by atoms with Crippen LogP contribution in [-0.2, 0) is 4.79 Å². The molecule has 1 amide bonds. The van der Waals surface area contributed by atoms with Gasteiger partial charge in [0.15, 0.2) is 0 Å². The first-order valence-electron chi connectivity index (χ1n) is 5.58. The molecule has 3 nitrogen and oxygen atoms in total. The number of nitrogens with two attached hydrogens (primary N) is 1. The van der Waals surface area contributed by atoms with E-state index in [4.69, 9.17) is 5.73 Å². The molecule has 0 bridgehead atoms. The fraction of sp³-hybridized carbons (Fsp3) is 0.909. The van der Waals surface area contributed by atoms with Gasteiger partial charge in [-0.2, -0.15) is 0 Å². The lowest BCUT2D eigenvalue weighted by atomic mass is 9.99. The number of amides is 1. The number of carbonyl (C=O) groups excluding carboxylic acids is 1. The summed E-state index contributed by atoms with van der Waals surface area (Å²) in [5.41, 5.74) is 5.80. The molecular formula is C11H24N2O. The van der Waals surface area contributed by atoms with E-state index in [1.165, 1.54) is 0 Å². The summed E-state index contributed by atoms with van der Waals surface area (Å²) < 4.78 is 0. The quantitative estimate of drug-likeness (QED) is 0.685. The van der Waals surface area contributed by atoms with Crippen molar-refractivity contribution in [2.75, 3.05) is 0 Å². The normalized spacial score (nSPS) is 17.2. The average Bonchev–Trinajstić information content (AvgIpc) is 2.15. The first-order chi connectivity index (χ1) is 6.52. The zero-order chi connectivity index (χ0) is 11.1. The summed E-state index contributed by atoms with van der Waals surface area (Å²) in [7, 11) is 0. The van der Waals surface area contributed by atoms with Crippen LogP contribution in [0, 0.1) is 5.92 Å². The summed E-state index contributed by atoms with van der Waals surface area (Å²) in [5.74, 6) is 0.240. The van der Waals surface area contributed by atoms with Crippen LogP contribution in [0.4, 0.5) is 0 Å². The molecule has 0 heterocycles. The van der Waals surface area contributed by atoms with Gasteiger partial charge < -0.3 is 11.1 Å². The summed E-state index contributed by atoms with van der Waals surface area (Å²) in [5, 5.41) is 2.93. The van der Waals surface area contributed by atoms with Crippen molar-refractivity contribution in [3.05, 3.63) is 0 Å². The summed E-state index contributed by atoms with van der Waals surface area (Å²) >= 11 is 0. The van der Waals surface area contributed by atoms with Crippen molar-refractivity contribution in [3.8, 4) is 0 Å². The lowest BCUT2D eigenvalue weighted by molar-refractivity contribution is -0.124. The number of hydrogen-bond acceptors (Lipinski definition) is 2. The highest BCUT2D eigenvalue weighted by atomic mass is 16.2. The molecule has 14 heavy (non-hydrogen) atoms. The minimum absolute atomic E-state index is 0.0136. The van der Waals surface area contributed by atoms with Gasteiger partial charge in [-0.15, -0.1) is 0 Å². The van der Waals surface area contributed by atoms with Gasteiger partial charge in [0.1, 0.15) is 0 Å². The predicted molar refractivity (Wildman–Crippen MR) is 59.9 cm³/mol. The Morgan fingerprint density at radius 1 is 1.36 bits per heavy atom. The second-order valence-corrected chi connectivity index (χ2v) is 4.11. The van der Waals surface area contributed by atoms with Gasteiger partial charge in [-0.3, -0.25) is 4.79 Å². The number of carbonyl (C=O) groups is 1. The van der Waals surface area contributed by atoms with Gasteiger partial charge in [0, 0.05) is 6.04 Å². The average molecular weight is 200 g/mol. The third-order valence-corrected chi connectivity index (χ3v) is 2.67. The van der Waals surface area contributed by atoms with Crippen molar-refractivity contribution < 1.29 is 4.79 Å². The summed E-state index contributed by atoms with van der Waals surface area (Å²) in [6.07, 6.45) is 3.04. The topological polar surface area (TPSA) is 55.1 Å². The second kappa shape index (κ2) is 6.82. The minimum atomic E-state index is -0.362. The van der Waals surface area contributed by atoms with E-state index in [1.807, 2.05) is 20.8 Å². The third-order valence-electron chi connectivity index (χ3n) is 2.67. The number of nitrogens with one attached hydrogen (secondary N) is 1. The molecule has 3 N–H and O–H groups in total. The lowest BCUT2D eigenvalue weighted by Crippen LogP contribution is -2.47. The minimum Gasteiger partial charge on any atom is -0.352 e. The van der Waals surface area contributed by atoms with Gasteiger partial charge in [0.2, 0.25) is 5.91 Å². The molecule has 1 unspecified atom stereocenters. The largest absolute Gasteiger partial charge is 0.352 e. The van der Waals surface area contributed by atoms with E-state index in [9.17, 15) is 4.79 Å². The highest BCUT2D eigenvalue weighted by Crippen LogP contribution is 2.06. The number of rotatable bonds is 6. The molecule has 0 fully saturated rings. The van der Waals surface area contributed by atoms with Crippen molar-refractivity contribution in [1.82, 2.24) is 5.32 Å². The Morgan fingerprint density at radius 2 is 1.93 bits per heavy atom. The predicted octanol–water partition coefficient (Wildman–Crippen LogP) is 1.66. The molecule has 3 atom stereocenters. The first-order valence-corrected chi connectivity index (χ1v) is 5.58. The van der Waals surface area contributed by atoms with Crippen LogP contribution in [0.3, 0.4) is 0 Å². The maximum absolute atomic E-state index is 11.6.